The molecule has 216 valence electrons. The molecule has 11 nitrogen and oxygen atoms in total. The van der Waals surface area contributed by atoms with Crippen molar-refractivity contribution in [3.63, 3.8) is 0 Å². The lowest BCUT2D eigenvalue weighted by Crippen LogP contribution is -2.46. The minimum atomic E-state index is -0.900. The lowest BCUT2D eigenvalue weighted by Gasteiger charge is -2.26. The number of nitrogens with one attached hydrogen (secondary N) is 2. The molecule has 2 atom stereocenters. The van der Waals surface area contributed by atoms with Crippen LogP contribution in [0.15, 0.2) is 36.5 Å². The van der Waals surface area contributed by atoms with E-state index in [1.54, 1.807) is 19.1 Å². The quantitative estimate of drug-likeness (QED) is 0.346. The van der Waals surface area contributed by atoms with Crippen LogP contribution in [0.3, 0.4) is 0 Å². The van der Waals surface area contributed by atoms with Crippen molar-refractivity contribution < 1.29 is 28.6 Å². The minimum absolute atomic E-state index is 0.168. The first-order valence-corrected chi connectivity index (χ1v) is 13.6. The van der Waals surface area contributed by atoms with E-state index in [1.165, 1.54) is 36.4 Å². The van der Waals surface area contributed by atoms with E-state index in [9.17, 15) is 19.1 Å². The number of fused-ring (bicyclic) bond motifs is 1. The lowest BCUT2D eigenvalue weighted by atomic mass is 10.1. The molecule has 0 unspecified atom stereocenters. The van der Waals surface area contributed by atoms with Crippen molar-refractivity contribution in [3.05, 3.63) is 64.2 Å². The number of nitrogens with zero attached hydrogens (tertiary/aromatic N) is 4. The predicted molar refractivity (Wildman–Crippen MR) is 148 cm³/mol. The summed E-state index contributed by atoms with van der Waals surface area (Å²) in [6.45, 7) is 2.60. The smallest absolute Gasteiger partial charge is 0.273 e. The van der Waals surface area contributed by atoms with Crippen LogP contribution in [-0.2, 0) is 16.1 Å². The molecule has 1 aromatic carbocycles. The highest BCUT2D eigenvalue weighted by Crippen LogP contribution is 2.30. The average molecular weight is 585 g/mol. The van der Waals surface area contributed by atoms with E-state index in [-0.39, 0.29) is 29.1 Å². The molecular formula is C28H30ClFN6O5. The Kier molecular flexibility index (Phi) is 8.62. The Morgan fingerprint density at radius 1 is 1.24 bits per heavy atom. The number of halogens is 2. The molecule has 2 aromatic heterocycles. The first kappa shape index (κ1) is 28.7. The summed E-state index contributed by atoms with van der Waals surface area (Å²) in [5, 5.41) is 16.2. The molecule has 41 heavy (non-hydrogen) atoms. The Balaban J connectivity index is 1.31. The number of hydrogen-bond acceptors (Lipinski definition) is 9. The number of carbonyl (C=O) groups excluding carboxylic acids is 2. The van der Waals surface area contributed by atoms with Crippen molar-refractivity contribution >= 4 is 29.4 Å². The van der Waals surface area contributed by atoms with Crippen molar-refractivity contribution in [3.8, 4) is 17.1 Å². The third-order valence-electron chi connectivity index (χ3n) is 7.20. The van der Waals surface area contributed by atoms with Crippen LogP contribution in [0.1, 0.15) is 47.4 Å². The van der Waals surface area contributed by atoms with Crippen LogP contribution < -0.4 is 15.4 Å². The van der Waals surface area contributed by atoms with E-state index in [4.69, 9.17) is 21.1 Å². The molecule has 0 bridgehead atoms. The summed E-state index contributed by atoms with van der Waals surface area (Å²) >= 11 is 6.41. The second-order valence-electron chi connectivity index (χ2n) is 9.90. The number of rotatable bonds is 9. The zero-order valence-electron chi connectivity index (χ0n) is 22.6. The second-order valence-corrected chi connectivity index (χ2v) is 10.3. The second kappa shape index (κ2) is 12.3. The van der Waals surface area contributed by atoms with Gasteiger partial charge in [0.1, 0.15) is 29.0 Å². The number of pyridine rings is 1. The summed E-state index contributed by atoms with van der Waals surface area (Å²) in [4.78, 5) is 41.3. The number of aromatic nitrogens is 3. The van der Waals surface area contributed by atoms with Gasteiger partial charge in [0, 0.05) is 37.4 Å². The number of methoxy groups -OCH3 is 1. The van der Waals surface area contributed by atoms with Crippen LogP contribution in [0.4, 0.5) is 10.3 Å². The van der Waals surface area contributed by atoms with E-state index in [0.29, 0.717) is 41.7 Å². The van der Waals surface area contributed by atoms with Gasteiger partial charge in [-0.2, -0.15) is 0 Å². The van der Waals surface area contributed by atoms with Crippen LogP contribution >= 0.6 is 11.6 Å². The van der Waals surface area contributed by atoms with Crippen molar-refractivity contribution in [2.75, 3.05) is 32.2 Å². The first-order valence-electron chi connectivity index (χ1n) is 13.2. The van der Waals surface area contributed by atoms with Gasteiger partial charge in [-0.05, 0) is 43.5 Å². The maximum atomic E-state index is 14.0. The first-order chi connectivity index (χ1) is 19.8. The van der Waals surface area contributed by atoms with Crippen LogP contribution in [0, 0.1) is 5.82 Å². The molecule has 2 aliphatic rings. The number of anilines is 1. The third kappa shape index (κ3) is 6.24. The largest absolute Gasteiger partial charge is 0.497 e. The molecule has 4 heterocycles. The lowest BCUT2D eigenvalue weighted by molar-refractivity contribution is -0.126. The van der Waals surface area contributed by atoms with Gasteiger partial charge in [0.05, 0.1) is 36.7 Å². The van der Waals surface area contributed by atoms with Gasteiger partial charge in [-0.25, -0.2) is 19.3 Å². The summed E-state index contributed by atoms with van der Waals surface area (Å²) < 4.78 is 24.5. The molecule has 2 aliphatic heterocycles. The summed E-state index contributed by atoms with van der Waals surface area (Å²) in [7, 11) is 1.39. The number of benzene rings is 1. The van der Waals surface area contributed by atoms with Crippen molar-refractivity contribution in [1.82, 2.24) is 25.2 Å². The van der Waals surface area contributed by atoms with Gasteiger partial charge in [-0.3, -0.25) is 9.59 Å². The number of hydrogen-bond donors (Lipinski definition) is 3. The minimum Gasteiger partial charge on any atom is -0.497 e. The van der Waals surface area contributed by atoms with E-state index in [2.05, 4.69) is 25.6 Å². The summed E-state index contributed by atoms with van der Waals surface area (Å²) in [5.41, 5.74) is 1.97. The molecular weight excluding hydrogens is 555 g/mol. The van der Waals surface area contributed by atoms with Crippen LogP contribution in [0.2, 0.25) is 5.02 Å². The summed E-state index contributed by atoms with van der Waals surface area (Å²) in [6, 6.07) is 5.81. The predicted octanol–water partition coefficient (Wildman–Crippen LogP) is 3.12. The number of aliphatic hydroxyl groups is 1. The fourth-order valence-corrected chi connectivity index (χ4v) is 5.04. The van der Waals surface area contributed by atoms with Gasteiger partial charge in [0.25, 0.3) is 5.91 Å². The normalized spacial score (nSPS) is 16.7. The van der Waals surface area contributed by atoms with E-state index >= 15 is 0 Å². The van der Waals surface area contributed by atoms with Gasteiger partial charge in [-0.15, -0.1) is 0 Å². The highest BCUT2D eigenvalue weighted by molar-refractivity contribution is 6.32. The maximum Gasteiger partial charge on any atom is 0.273 e. The molecule has 1 saturated heterocycles. The Morgan fingerprint density at radius 3 is 2.76 bits per heavy atom. The fraction of sp³-hybridized carbons (Fsp3) is 0.393. The maximum absolute atomic E-state index is 14.0. The third-order valence-corrected chi connectivity index (χ3v) is 7.48. The van der Waals surface area contributed by atoms with Gasteiger partial charge < -0.3 is 30.1 Å². The highest BCUT2D eigenvalue weighted by Gasteiger charge is 2.36. The van der Waals surface area contributed by atoms with Gasteiger partial charge in [0.15, 0.2) is 0 Å². The molecule has 3 N–H and O–H groups in total. The monoisotopic (exact) mass is 584 g/mol. The zero-order valence-corrected chi connectivity index (χ0v) is 23.3. The molecule has 0 radical (unpaired) electrons. The van der Waals surface area contributed by atoms with Crippen LogP contribution in [0.5, 0.6) is 5.75 Å². The molecule has 0 aliphatic carbocycles. The molecule has 0 spiro atoms. The Labute approximate surface area is 241 Å². The van der Waals surface area contributed by atoms with Crippen LogP contribution in [-0.4, -0.2) is 75.8 Å². The summed E-state index contributed by atoms with van der Waals surface area (Å²) in [5.74, 6) is -0.851. The SMILES string of the molecule is COc1cc(F)cc([C@@H](CO)NC(=O)[C@@H](C)N2Cc3ccc(-c4nc(NC5CCOCC5)ncc4Cl)nc3C2=O)c1. The highest BCUT2D eigenvalue weighted by atomic mass is 35.5. The molecule has 0 saturated carbocycles. The summed E-state index contributed by atoms with van der Waals surface area (Å²) in [6.07, 6.45) is 3.17. The molecule has 3 aromatic rings. The number of carbonyl (C=O) groups is 2. The van der Waals surface area contributed by atoms with Gasteiger partial charge >= 0.3 is 0 Å². The zero-order chi connectivity index (χ0) is 29.1. The molecule has 5 rings (SSSR count). The van der Waals surface area contributed by atoms with Crippen molar-refractivity contribution in [2.24, 2.45) is 0 Å². The molecule has 13 heteroatoms. The van der Waals surface area contributed by atoms with Crippen molar-refractivity contribution in [1.29, 1.82) is 0 Å². The number of aliphatic hydroxyl groups excluding tert-OH is 1. The molecule has 1 fully saturated rings. The number of ether oxygens (including phenoxy) is 2. The van der Waals surface area contributed by atoms with E-state index in [0.717, 1.165) is 12.8 Å². The van der Waals surface area contributed by atoms with Crippen molar-refractivity contribution in [2.45, 2.75) is 44.4 Å². The standard InChI is InChI=1S/C28H30ClFN6O5/c1-15(26(38)34-23(14-37)17-9-18(30)11-20(10-17)40-2)36-13-16-3-4-22(33-24(16)27(36)39)25-21(29)12-31-28(35-25)32-19-5-7-41-8-6-19/h3-4,9-12,15,19,23,37H,5-8,13-14H2,1-2H3,(H,34,38)(H,31,32,35)/t15-,23-/m1/s1. The van der Waals surface area contributed by atoms with Gasteiger partial charge in [0.2, 0.25) is 11.9 Å². The topological polar surface area (TPSA) is 139 Å². The number of amides is 2. The molecule has 2 amide bonds. The Bertz CT molecular complexity index is 1450. The fourth-order valence-electron chi connectivity index (χ4n) is 4.85. The Hall–Kier alpha value is -3.87. The Morgan fingerprint density at radius 2 is 2.02 bits per heavy atom. The van der Waals surface area contributed by atoms with E-state index in [1.807, 2.05) is 0 Å². The van der Waals surface area contributed by atoms with Gasteiger partial charge in [-0.1, -0.05) is 17.7 Å². The average Bonchev–Trinajstić information content (AvgIpc) is 3.31. The van der Waals surface area contributed by atoms with Crippen LogP contribution in [0.25, 0.3) is 11.4 Å². The van der Waals surface area contributed by atoms with E-state index < -0.39 is 36.3 Å².